The van der Waals surface area contributed by atoms with E-state index in [0.717, 1.165) is 64.2 Å². The molecule has 0 aromatic heterocycles. The van der Waals surface area contributed by atoms with Crippen LogP contribution in [0.15, 0.2) is 36.5 Å². The van der Waals surface area contributed by atoms with Gasteiger partial charge in [0.2, 0.25) is 0 Å². The highest BCUT2D eigenvalue weighted by molar-refractivity contribution is 5.71. The number of rotatable bonds is 57. The van der Waals surface area contributed by atoms with Crippen LogP contribution in [0.4, 0.5) is 0 Å². The molecule has 0 aliphatic heterocycles. The molecule has 1 unspecified atom stereocenters. The number of hydrogen-bond donors (Lipinski definition) is 0. The van der Waals surface area contributed by atoms with Gasteiger partial charge in [0.1, 0.15) is 13.2 Å². The lowest BCUT2D eigenvalue weighted by Crippen LogP contribution is -2.30. The lowest BCUT2D eigenvalue weighted by atomic mass is 10.1. The lowest BCUT2D eigenvalue weighted by Gasteiger charge is -2.18. The molecule has 6 nitrogen and oxygen atoms in total. The molecule has 6 heteroatoms. The number of carbonyl (C=O) groups excluding carboxylic acids is 3. The van der Waals surface area contributed by atoms with Crippen LogP contribution < -0.4 is 0 Å². The smallest absolute Gasteiger partial charge is 0.306 e. The van der Waals surface area contributed by atoms with Crippen molar-refractivity contribution in [3.63, 3.8) is 0 Å². The molecule has 0 aliphatic rings. The Hall–Kier alpha value is -2.37. The molecule has 0 saturated carbocycles. The molecule has 0 spiro atoms. The second-order valence-corrected chi connectivity index (χ2v) is 21.0. The molecule has 0 aromatic rings. The van der Waals surface area contributed by atoms with Gasteiger partial charge in [0.25, 0.3) is 0 Å². The van der Waals surface area contributed by atoms with Gasteiger partial charge in [-0.1, -0.05) is 256 Å². The zero-order chi connectivity index (χ0) is 50.7. The Kier molecular flexibility index (Phi) is 57.2. The first-order valence-electron chi connectivity index (χ1n) is 31.0. The summed E-state index contributed by atoms with van der Waals surface area (Å²) in [7, 11) is 0. The van der Waals surface area contributed by atoms with Gasteiger partial charge in [-0.05, 0) is 96.3 Å². The number of esters is 3. The molecule has 70 heavy (non-hydrogen) atoms. The maximum Gasteiger partial charge on any atom is 0.306 e. The highest BCUT2D eigenvalue weighted by Gasteiger charge is 2.19. The predicted molar refractivity (Wildman–Crippen MR) is 302 cm³/mol. The highest BCUT2D eigenvalue weighted by atomic mass is 16.6. The van der Waals surface area contributed by atoms with Crippen molar-refractivity contribution in [3.8, 4) is 0 Å². The van der Waals surface area contributed by atoms with E-state index in [9.17, 15) is 14.4 Å². The van der Waals surface area contributed by atoms with E-state index >= 15 is 0 Å². The van der Waals surface area contributed by atoms with Crippen LogP contribution in [0, 0.1) is 0 Å². The summed E-state index contributed by atoms with van der Waals surface area (Å²) in [6.07, 6.45) is 71.4. The summed E-state index contributed by atoms with van der Waals surface area (Å²) < 4.78 is 16.9. The van der Waals surface area contributed by atoms with Gasteiger partial charge in [0, 0.05) is 19.3 Å². The number of carbonyl (C=O) groups is 3. The molecule has 0 bridgehead atoms. The molecular weight excluding hydrogens is 865 g/mol. The first-order valence-corrected chi connectivity index (χ1v) is 31.0. The van der Waals surface area contributed by atoms with Crippen molar-refractivity contribution in [2.45, 2.75) is 341 Å². The van der Waals surface area contributed by atoms with E-state index in [-0.39, 0.29) is 31.1 Å². The molecular formula is C64H118O6. The topological polar surface area (TPSA) is 78.9 Å². The van der Waals surface area contributed by atoms with Crippen molar-refractivity contribution >= 4 is 17.9 Å². The average Bonchev–Trinajstić information content (AvgIpc) is 3.36. The molecule has 0 N–H and O–H groups in total. The van der Waals surface area contributed by atoms with E-state index in [1.165, 1.54) is 231 Å². The van der Waals surface area contributed by atoms with Gasteiger partial charge in [-0.2, -0.15) is 0 Å². The van der Waals surface area contributed by atoms with Crippen LogP contribution >= 0.6 is 0 Å². The van der Waals surface area contributed by atoms with Crippen LogP contribution in [0.2, 0.25) is 0 Å². The van der Waals surface area contributed by atoms with E-state index in [1.54, 1.807) is 0 Å². The summed E-state index contributed by atoms with van der Waals surface area (Å²) in [5.41, 5.74) is 0. The van der Waals surface area contributed by atoms with E-state index in [0.29, 0.717) is 19.3 Å². The fraction of sp³-hybridized carbons (Fsp3) is 0.859. The average molecular weight is 984 g/mol. The Balaban J connectivity index is 4.36. The minimum Gasteiger partial charge on any atom is -0.462 e. The van der Waals surface area contributed by atoms with Gasteiger partial charge < -0.3 is 14.2 Å². The van der Waals surface area contributed by atoms with Crippen LogP contribution in [0.1, 0.15) is 335 Å². The molecule has 0 radical (unpaired) electrons. The van der Waals surface area contributed by atoms with Gasteiger partial charge in [0.15, 0.2) is 6.10 Å². The SMILES string of the molecule is CCCCCC/C=C\CCCCCCCCCC(=O)OCC(COC(=O)CCCCCCCCC/C=C\CCCCCCCCCC)OC(=O)CCCCCCC/C=C\CCCCCCCCCCC. The monoisotopic (exact) mass is 983 g/mol. The minimum atomic E-state index is -0.779. The zero-order valence-corrected chi connectivity index (χ0v) is 47.1. The fourth-order valence-corrected chi connectivity index (χ4v) is 9.13. The Morgan fingerprint density at radius 2 is 0.471 bits per heavy atom. The van der Waals surface area contributed by atoms with Crippen molar-refractivity contribution < 1.29 is 28.6 Å². The third-order valence-corrected chi connectivity index (χ3v) is 13.8. The number of unbranched alkanes of at least 4 members (excludes halogenated alkanes) is 40. The lowest BCUT2D eigenvalue weighted by molar-refractivity contribution is -0.167. The van der Waals surface area contributed by atoms with Gasteiger partial charge in [-0.25, -0.2) is 0 Å². The Labute approximate surface area is 435 Å². The zero-order valence-electron chi connectivity index (χ0n) is 47.1. The summed E-state index contributed by atoms with van der Waals surface area (Å²) >= 11 is 0. The maximum atomic E-state index is 12.9. The van der Waals surface area contributed by atoms with Crippen molar-refractivity contribution in [2.24, 2.45) is 0 Å². The first-order chi connectivity index (χ1) is 34.5. The van der Waals surface area contributed by atoms with Gasteiger partial charge >= 0.3 is 17.9 Å². The van der Waals surface area contributed by atoms with Crippen molar-refractivity contribution in [3.05, 3.63) is 36.5 Å². The molecule has 0 heterocycles. The van der Waals surface area contributed by atoms with Crippen molar-refractivity contribution in [1.82, 2.24) is 0 Å². The van der Waals surface area contributed by atoms with Crippen LogP contribution in [0.25, 0.3) is 0 Å². The molecule has 0 rings (SSSR count). The summed E-state index contributed by atoms with van der Waals surface area (Å²) in [6, 6.07) is 0. The summed E-state index contributed by atoms with van der Waals surface area (Å²) in [4.78, 5) is 38.2. The van der Waals surface area contributed by atoms with Crippen molar-refractivity contribution in [1.29, 1.82) is 0 Å². The van der Waals surface area contributed by atoms with Crippen LogP contribution in [0.5, 0.6) is 0 Å². The van der Waals surface area contributed by atoms with E-state index in [4.69, 9.17) is 14.2 Å². The minimum absolute atomic E-state index is 0.0766. The van der Waals surface area contributed by atoms with Crippen LogP contribution in [0.3, 0.4) is 0 Å². The highest BCUT2D eigenvalue weighted by Crippen LogP contribution is 2.16. The molecule has 1 atom stereocenters. The second kappa shape index (κ2) is 59.2. The van der Waals surface area contributed by atoms with E-state index in [2.05, 4.69) is 57.2 Å². The van der Waals surface area contributed by atoms with E-state index in [1.807, 2.05) is 0 Å². The Bertz CT molecular complexity index is 1170. The Morgan fingerprint density at radius 1 is 0.271 bits per heavy atom. The third-order valence-electron chi connectivity index (χ3n) is 13.8. The van der Waals surface area contributed by atoms with Gasteiger partial charge in [-0.3, -0.25) is 14.4 Å². The molecule has 0 aromatic carbocycles. The fourth-order valence-electron chi connectivity index (χ4n) is 9.13. The first kappa shape index (κ1) is 67.6. The standard InChI is InChI=1S/C64H118O6/c1-4-7-10-13-16-19-22-25-28-30-32-34-36-39-42-45-48-51-54-57-63(66)69-60-61(59-68-62(65)56-53-50-47-44-41-38-35-27-24-21-18-15-12-9-6-3)70-64(67)58-55-52-49-46-43-40-37-33-31-29-26-23-20-17-14-11-8-5-2/h21,24,30,32-33,37,61H,4-20,22-23,25-29,31,34-36,38-60H2,1-3H3/b24-21-,32-30-,37-33-. The van der Waals surface area contributed by atoms with Crippen LogP contribution in [-0.2, 0) is 28.6 Å². The molecule has 0 aliphatic carbocycles. The Morgan fingerprint density at radius 3 is 0.729 bits per heavy atom. The molecule has 0 fully saturated rings. The predicted octanol–water partition coefficient (Wildman–Crippen LogP) is 20.8. The summed E-state index contributed by atoms with van der Waals surface area (Å²) in [5, 5.41) is 0. The van der Waals surface area contributed by atoms with Gasteiger partial charge in [-0.15, -0.1) is 0 Å². The van der Waals surface area contributed by atoms with Crippen LogP contribution in [-0.4, -0.2) is 37.2 Å². The quantitative estimate of drug-likeness (QED) is 0.0261. The maximum absolute atomic E-state index is 12.9. The third kappa shape index (κ3) is 56.5. The second-order valence-electron chi connectivity index (χ2n) is 21.0. The number of hydrogen-bond acceptors (Lipinski definition) is 6. The van der Waals surface area contributed by atoms with Gasteiger partial charge in [0.05, 0.1) is 0 Å². The molecule has 410 valence electrons. The number of allylic oxidation sites excluding steroid dienone is 6. The van der Waals surface area contributed by atoms with E-state index < -0.39 is 6.10 Å². The molecule has 0 amide bonds. The van der Waals surface area contributed by atoms with Crippen molar-refractivity contribution in [2.75, 3.05) is 13.2 Å². The summed E-state index contributed by atoms with van der Waals surface area (Å²) in [6.45, 7) is 6.66. The largest absolute Gasteiger partial charge is 0.462 e. The molecule has 0 saturated heterocycles. The normalized spacial score (nSPS) is 12.2. The summed E-state index contributed by atoms with van der Waals surface area (Å²) in [5.74, 6) is -0.874. The number of ether oxygens (including phenoxy) is 3.